The summed E-state index contributed by atoms with van der Waals surface area (Å²) in [7, 11) is 0. The molecule has 172 valence electrons. The van der Waals surface area contributed by atoms with Crippen molar-refractivity contribution in [3.05, 3.63) is 29.3 Å². The van der Waals surface area contributed by atoms with Crippen LogP contribution in [0.25, 0.3) is 0 Å². The van der Waals surface area contributed by atoms with Gasteiger partial charge in [-0.1, -0.05) is 32.8 Å². The number of carbonyl (C=O) groups is 1. The fourth-order valence-corrected chi connectivity index (χ4v) is 6.28. The minimum Gasteiger partial charge on any atom is -0.368 e. The van der Waals surface area contributed by atoms with Crippen molar-refractivity contribution in [2.45, 2.75) is 77.3 Å². The number of nitriles is 1. The van der Waals surface area contributed by atoms with Crippen molar-refractivity contribution in [3.63, 3.8) is 0 Å². The molecule has 3 N–H and O–H groups in total. The maximum atomic E-state index is 12.9. The van der Waals surface area contributed by atoms with Crippen LogP contribution in [-0.4, -0.2) is 47.2 Å². The summed E-state index contributed by atoms with van der Waals surface area (Å²) in [5, 5.41) is 18.7. The van der Waals surface area contributed by atoms with Crippen LogP contribution in [0.2, 0.25) is 0 Å². The second kappa shape index (κ2) is 9.01. The van der Waals surface area contributed by atoms with Crippen LogP contribution in [0.15, 0.2) is 18.2 Å². The van der Waals surface area contributed by atoms with Crippen LogP contribution in [-0.2, 0) is 17.9 Å². The molecule has 3 unspecified atom stereocenters. The van der Waals surface area contributed by atoms with Gasteiger partial charge in [0.2, 0.25) is 5.91 Å². The van der Waals surface area contributed by atoms with Gasteiger partial charge in [0.25, 0.3) is 0 Å². The number of rotatable bonds is 5. The first-order valence-electron chi connectivity index (χ1n) is 12.4. The molecule has 1 aromatic carbocycles. The van der Waals surface area contributed by atoms with Crippen LogP contribution in [0.4, 0.5) is 5.69 Å². The molecule has 7 nitrogen and oxygen atoms in total. The van der Waals surface area contributed by atoms with Crippen LogP contribution >= 0.6 is 0 Å². The van der Waals surface area contributed by atoms with E-state index in [9.17, 15) is 10.1 Å². The number of fused-ring (bicyclic) bond motifs is 2. The minimum absolute atomic E-state index is 0.0348. The highest BCUT2D eigenvalue weighted by atomic mass is 16.2. The van der Waals surface area contributed by atoms with E-state index in [-0.39, 0.29) is 36.0 Å². The van der Waals surface area contributed by atoms with Gasteiger partial charge in [-0.3, -0.25) is 9.69 Å². The van der Waals surface area contributed by atoms with Crippen LogP contribution in [0.3, 0.4) is 0 Å². The van der Waals surface area contributed by atoms with Gasteiger partial charge in [-0.2, -0.15) is 5.26 Å². The van der Waals surface area contributed by atoms with E-state index in [2.05, 4.69) is 64.1 Å². The van der Waals surface area contributed by atoms with Crippen LogP contribution in [0.5, 0.6) is 0 Å². The zero-order valence-electron chi connectivity index (χ0n) is 19.3. The van der Waals surface area contributed by atoms with Gasteiger partial charge < -0.3 is 10.6 Å². The van der Waals surface area contributed by atoms with Gasteiger partial charge in [0.05, 0.1) is 17.9 Å². The van der Waals surface area contributed by atoms with Gasteiger partial charge >= 0.3 is 0 Å². The fourth-order valence-electron chi connectivity index (χ4n) is 6.28. The van der Waals surface area contributed by atoms with Gasteiger partial charge in [0, 0.05) is 44.0 Å². The van der Waals surface area contributed by atoms with E-state index in [1.807, 2.05) is 0 Å². The second-order valence-electron chi connectivity index (χ2n) is 10.5. The van der Waals surface area contributed by atoms with Crippen molar-refractivity contribution in [2.75, 3.05) is 18.4 Å². The minimum atomic E-state index is -0.159. The number of nitrogens with one attached hydrogen (secondary N) is 3. The summed E-state index contributed by atoms with van der Waals surface area (Å²) in [6.45, 7) is 8.37. The molecular formula is C25H36N6O. The molecule has 1 aliphatic carbocycles. The molecule has 0 radical (unpaired) electrons. The lowest BCUT2D eigenvalue weighted by atomic mass is 9.83. The quantitative estimate of drug-likeness (QED) is 0.658. The molecule has 2 saturated heterocycles. The molecule has 0 bridgehead atoms. The number of nitrogens with zero attached hydrogens (tertiary/aromatic N) is 3. The maximum Gasteiger partial charge on any atom is 0.228 e. The second-order valence-corrected chi connectivity index (χ2v) is 10.5. The van der Waals surface area contributed by atoms with Crippen molar-refractivity contribution >= 4 is 11.6 Å². The Labute approximate surface area is 191 Å². The van der Waals surface area contributed by atoms with Gasteiger partial charge in [-0.15, -0.1) is 0 Å². The van der Waals surface area contributed by atoms with Gasteiger partial charge in [-0.05, 0) is 48.4 Å². The van der Waals surface area contributed by atoms with Crippen molar-refractivity contribution in [2.24, 2.45) is 17.8 Å². The number of benzene rings is 1. The first-order chi connectivity index (χ1) is 15.5. The average molecular weight is 437 g/mol. The topological polar surface area (TPSA) is 83.4 Å². The molecule has 1 saturated carbocycles. The van der Waals surface area contributed by atoms with Crippen molar-refractivity contribution in [3.8, 4) is 6.07 Å². The average Bonchev–Trinajstić information content (AvgIpc) is 3.34. The molecule has 3 heterocycles. The summed E-state index contributed by atoms with van der Waals surface area (Å²) in [6, 6.07) is 9.50. The van der Waals surface area contributed by atoms with E-state index < -0.39 is 0 Å². The summed E-state index contributed by atoms with van der Waals surface area (Å²) in [5.41, 5.74) is 7.50. The number of carbonyl (C=O) groups excluding carboxylic acids is 1. The predicted molar refractivity (Wildman–Crippen MR) is 124 cm³/mol. The SMILES string of the molecule is CC(C)CN1Cc2ccc(NC3NN([C@H]4CCCC[C@@H]4C#N)C4CCNC(=O)C34)cc2C1. The Kier molecular flexibility index (Phi) is 6.11. The third-order valence-electron chi connectivity index (χ3n) is 7.65. The Bertz CT molecular complexity index is 895. The van der Waals surface area contributed by atoms with Crippen LogP contribution in [0, 0.1) is 29.1 Å². The summed E-state index contributed by atoms with van der Waals surface area (Å²) in [5.74, 6) is 0.653. The normalized spacial score (nSPS) is 32.9. The monoisotopic (exact) mass is 436 g/mol. The molecule has 1 aromatic rings. The highest BCUT2D eigenvalue weighted by Gasteiger charge is 2.51. The van der Waals surface area contributed by atoms with Crippen molar-refractivity contribution < 1.29 is 4.79 Å². The molecule has 3 fully saturated rings. The van der Waals surface area contributed by atoms with Crippen molar-refractivity contribution in [1.29, 1.82) is 5.26 Å². The Balaban J connectivity index is 1.34. The summed E-state index contributed by atoms with van der Waals surface area (Å²) in [4.78, 5) is 15.4. The maximum absolute atomic E-state index is 12.9. The number of hydrogen-bond donors (Lipinski definition) is 3. The molecule has 5 rings (SSSR count). The highest BCUT2D eigenvalue weighted by molar-refractivity contribution is 5.82. The Morgan fingerprint density at radius 2 is 1.97 bits per heavy atom. The number of hydrogen-bond acceptors (Lipinski definition) is 6. The van der Waals surface area contributed by atoms with E-state index in [4.69, 9.17) is 0 Å². The van der Waals surface area contributed by atoms with Crippen LogP contribution in [0.1, 0.15) is 57.1 Å². The lowest BCUT2D eigenvalue weighted by Crippen LogP contribution is -2.54. The Hall–Kier alpha value is -2.14. The Morgan fingerprint density at radius 3 is 2.78 bits per heavy atom. The Morgan fingerprint density at radius 1 is 1.16 bits per heavy atom. The largest absolute Gasteiger partial charge is 0.368 e. The molecule has 32 heavy (non-hydrogen) atoms. The third-order valence-corrected chi connectivity index (χ3v) is 7.65. The first-order valence-corrected chi connectivity index (χ1v) is 12.4. The molecular weight excluding hydrogens is 400 g/mol. The van der Waals surface area contributed by atoms with E-state index in [1.165, 1.54) is 11.1 Å². The number of hydrazine groups is 1. The first kappa shape index (κ1) is 21.7. The van der Waals surface area contributed by atoms with E-state index >= 15 is 0 Å². The summed E-state index contributed by atoms with van der Waals surface area (Å²) in [6.07, 6.45) is 5.02. The lowest BCUT2D eigenvalue weighted by Gasteiger charge is -2.39. The van der Waals surface area contributed by atoms with Crippen molar-refractivity contribution in [1.82, 2.24) is 20.7 Å². The standard InChI is InChI=1S/C25H36N6O/c1-16(2)13-30-14-18-7-8-20(11-19(18)15-30)28-24-23-22(9-10-27-25(23)32)31(29-24)21-6-4-3-5-17(21)12-26/h7-8,11,16-17,21-24,28-29H,3-6,9-10,13-15H2,1-2H3,(H,27,32)/t17-,21+,22?,23?,24?/m1/s1. The zero-order chi connectivity index (χ0) is 22.2. The molecule has 3 aliphatic heterocycles. The van der Waals surface area contributed by atoms with Gasteiger partial charge in [-0.25, -0.2) is 10.4 Å². The van der Waals surface area contributed by atoms with E-state index in [0.717, 1.165) is 57.4 Å². The van der Waals surface area contributed by atoms with Crippen LogP contribution < -0.4 is 16.1 Å². The van der Waals surface area contributed by atoms with E-state index in [0.29, 0.717) is 12.5 Å². The molecule has 7 heteroatoms. The molecule has 1 amide bonds. The third kappa shape index (κ3) is 4.12. The molecule has 5 atom stereocenters. The number of anilines is 1. The lowest BCUT2D eigenvalue weighted by molar-refractivity contribution is -0.128. The van der Waals surface area contributed by atoms with E-state index in [1.54, 1.807) is 0 Å². The molecule has 4 aliphatic rings. The fraction of sp³-hybridized carbons (Fsp3) is 0.680. The smallest absolute Gasteiger partial charge is 0.228 e. The van der Waals surface area contributed by atoms with Gasteiger partial charge in [0.1, 0.15) is 6.17 Å². The number of piperidine rings is 1. The predicted octanol–water partition coefficient (Wildman–Crippen LogP) is 2.80. The molecule has 0 spiro atoms. The summed E-state index contributed by atoms with van der Waals surface area (Å²) >= 11 is 0. The van der Waals surface area contributed by atoms with Gasteiger partial charge in [0.15, 0.2) is 0 Å². The summed E-state index contributed by atoms with van der Waals surface area (Å²) < 4.78 is 0. The highest BCUT2D eigenvalue weighted by Crippen LogP contribution is 2.37. The molecule has 0 aromatic heterocycles. The number of amides is 1. The zero-order valence-corrected chi connectivity index (χ0v) is 19.3.